The topological polar surface area (TPSA) is 88.6 Å². The second-order valence-electron chi connectivity index (χ2n) is 4.01. The average molecular weight is 236 g/mol. The van der Waals surface area contributed by atoms with Gasteiger partial charge in [0.25, 0.3) is 0 Å². The summed E-state index contributed by atoms with van der Waals surface area (Å²) in [5, 5.41) is 16.9. The molecule has 1 unspecified atom stereocenters. The predicted octanol–water partition coefficient (Wildman–Crippen LogP) is 1.58. The van der Waals surface area contributed by atoms with Crippen LogP contribution in [0.2, 0.25) is 0 Å². The molecular weight excluding hydrogens is 220 g/mol. The second kappa shape index (κ2) is 5.05. The van der Waals surface area contributed by atoms with Crippen LogP contribution in [0.25, 0.3) is 0 Å². The number of nitrogens with one attached hydrogen (secondary N) is 1. The Labute approximate surface area is 99.7 Å². The Morgan fingerprint density at radius 1 is 1.47 bits per heavy atom. The van der Waals surface area contributed by atoms with Crippen molar-refractivity contribution in [3.63, 3.8) is 0 Å². The summed E-state index contributed by atoms with van der Waals surface area (Å²) in [4.78, 5) is 0. The number of hydrogen-bond donors (Lipinski definition) is 3. The first-order valence-electron chi connectivity index (χ1n) is 5.62. The minimum Gasteiger partial charge on any atom is -0.507 e. The Balaban J connectivity index is 2.06. The maximum atomic E-state index is 9.65. The van der Waals surface area contributed by atoms with Crippen molar-refractivity contribution < 1.29 is 14.6 Å². The van der Waals surface area contributed by atoms with Crippen LogP contribution in [-0.4, -0.2) is 23.8 Å². The molecule has 17 heavy (non-hydrogen) atoms. The van der Waals surface area contributed by atoms with Crippen LogP contribution in [0.3, 0.4) is 0 Å². The molecular formula is C12H16N2O3. The largest absolute Gasteiger partial charge is 0.507 e. The summed E-state index contributed by atoms with van der Waals surface area (Å²) in [7, 11) is 0. The van der Waals surface area contributed by atoms with E-state index < -0.39 is 0 Å². The zero-order valence-electron chi connectivity index (χ0n) is 9.48. The Hall–Kier alpha value is -1.75. The molecule has 1 saturated heterocycles. The summed E-state index contributed by atoms with van der Waals surface area (Å²) in [6.45, 7) is 0.710. The number of phenols is 1. The van der Waals surface area contributed by atoms with E-state index in [0.29, 0.717) is 17.9 Å². The molecule has 92 valence electrons. The van der Waals surface area contributed by atoms with Crippen LogP contribution < -0.4 is 10.5 Å². The quantitative estimate of drug-likeness (QED) is 0.549. The summed E-state index contributed by atoms with van der Waals surface area (Å²) in [6.07, 6.45) is 2.76. The highest BCUT2D eigenvalue weighted by Crippen LogP contribution is 2.25. The van der Waals surface area contributed by atoms with Gasteiger partial charge >= 0.3 is 0 Å². The zero-order chi connectivity index (χ0) is 12.3. The number of amidine groups is 1. The van der Waals surface area contributed by atoms with Crippen molar-refractivity contribution in [2.45, 2.75) is 25.6 Å². The van der Waals surface area contributed by atoms with E-state index in [1.807, 2.05) is 0 Å². The monoisotopic (exact) mass is 236 g/mol. The number of nitrogen functional groups attached to an aromatic ring is 1. The highest BCUT2D eigenvalue weighted by atomic mass is 16.7. The third-order valence-corrected chi connectivity index (χ3v) is 2.66. The molecule has 1 fully saturated rings. The molecule has 1 heterocycles. The van der Waals surface area contributed by atoms with Gasteiger partial charge in [0.15, 0.2) is 6.29 Å². The molecule has 1 atom stereocenters. The number of phenolic OH excluding ortho intramolecular Hbond substituents is 1. The molecule has 2 rings (SSSR count). The van der Waals surface area contributed by atoms with Gasteiger partial charge in [-0.1, -0.05) is 0 Å². The molecule has 0 amide bonds. The van der Waals surface area contributed by atoms with Crippen LogP contribution in [0.5, 0.6) is 11.5 Å². The molecule has 1 aromatic rings. The van der Waals surface area contributed by atoms with Crippen molar-refractivity contribution >= 4 is 5.84 Å². The molecule has 1 aliphatic rings. The van der Waals surface area contributed by atoms with Gasteiger partial charge in [0.05, 0.1) is 12.2 Å². The number of ether oxygens (including phenoxy) is 2. The smallest absolute Gasteiger partial charge is 0.199 e. The molecule has 5 nitrogen and oxygen atoms in total. The summed E-state index contributed by atoms with van der Waals surface area (Å²) < 4.78 is 11.0. The Kier molecular flexibility index (Phi) is 3.49. The number of rotatable bonds is 3. The van der Waals surface area contributed by atoms with E-state index in [4.69, 9.17) is 20.6 Å². The molecule has 0 radical (unpaired) electrons. The van der Waals surface area contributed by atoms with Crippen LogP contribution in [0.1, 0.15) is 24.8 Å². The van der Waals surface area contributed by atoms with Crippen molar-refractivity contribution in [1.82, 2.24) is 0 Å². The van der Waals surface area contributed by atoms with E-state index in [1.54, 1.807) is 12.1 Å². The standard InChI is InChI=1S/C12H16N2O3/c13-12(14)9-5-4-8(7-10(9)15)17-11-3-1-2-6-16-11/h4-5,7,11,15H,1-3,6H2,(H3,13,14). The first-order chi connectivity index (χ1) is 8.16. The number of hydrogen-bond acceptors (Lipinski definition) is 4. The molecule has 0 aliphatic carbocycles. The predicted molar refractivity (Wildman–Crippen MR) is 63.3 cm³/mol. The number of aromatic hydroxyl groups is 1. The minimum atomic E-state index is -0.244. The normalized spacial score (nSPS) is 19.9. The van der Waals surface area contributed by atoms with E-state index in [-0.39, 0.29) is 17.9 Å². The summed E-state index contributed by atoms with van der Waals surface area (Å²) in [5.74, 6) is 0.313. The summed E-state index contributed by atoms with van der Waals surface area (Å²) in [5.41, 5.74) is 5.61. The van der Waals surface area contributed by atoms with Gasteiger partial charge in [-0.05, 0) is 25.0 Å². The molecule has 0 bridgehead atoms. The van der Waals surface area contributed by atoms with Gasteiger partial charge in [-0.25, -0.2) is 0 Å². The first-order valence-corrected chi connectivity index (χ1v) is 5.62. The lowest BCUT2D eigenvalue weighted by Gasteiger charge is -2.23. The van der Waals surface area contributed by atoms with Gasteiger partial charge in [-0.15, -0.1) is 0 Å². The Bertz CT molecular complexity index is 414. The van der Waals surface area contributed by atoms with E-state index in [0.717, 1.165) is 19.3 Å². The van der Waals surface area contributed by atoms with Crippen LogP contribution in [0, 0.1) is 5.41 Å². The molecule has 0 saturated carbocycles. The maximum Gasteiger partial charge on any atom is 0.199 e. The Morgan fingerprint density at radius 2 is 2.29 bits per heavy atom. The molecule has 1 aliphatic heterocycles. The molecule has 0 aromatic heterocycles. The van der Waals surface area contributed by atoms with Gasteiger partial charge in [0.1, 0.15) is 17.3 Å². The second-order valence-corrected chi connectivity index (χ2v) is 4.01. The van der Waals surface area contributed by atoms with Crippen LogP contribution in [0.4, 0.5) is 0 Å². The van der Waals surface area contributed by atoms with Crippen molar-refractivity contribution in [2.24, 2.45) is 5.73 Å². The fourth-order valence-corrected chi connectivity index (χ4v) is 1.77. The summed E-state index contributed by atoms with van der Waals surface area (Å²) >= 11 is 0. The van der Waals surface area contributed by atoms with Gasteiger partial charge < -0.3 is 20.3 Å². The number of nitrogens with two attached hydrogens (primary N) is 1. The van der Waals surface area contributed by atoms with Crippen molar-refractivity contribution in [1.29, 1.82) is 5.41 Å². The summed E-state index contributed by atoms with van der Waals surface area (Å²) in [6, 6.07) is 4.69. The van der Waals surface area contributed by atoms with Gasteiger partial charge in [-0.2, -0.15) is 0 Å². The van der Waals surface area contributed by atoms with E-state index in [9.17, 15) is 5.11 Å². The fraction of sp³-hybridized carbons (Fsp3) is 0.417. The van der Waals surface area contributed by atoms with Crippen molar-refractivity contribution in [3.8, 4) is 11.5 Å². The third-order valence-electron chi connectivity index (χ3n) is 2.66. The van der Waals surface area contributed by atoms with Gasteiger partial charge in [0.2, 0.25) is 0 Å². The van der Waals surface area contributed by atoms with Crippen molar-refractivity contribution in [2.75, 3.05) is 6.61 Å². The molecule has 1 aromatic carbocycles. The van der Waals surface area contributed by atoms with Crippen LogP contribution >= 0.6 is 0 Å². The van der Waals surface area contributed by atoms with Crippen LogP contribution in [0.15, 0.2) is 18.2 Å². The minimum absolute atomic E-state index is 0.0502. The van der Waals surface area contributed by atoms with E-state index >= 15 is 0 Å². The van der Waals surface area contributed by atoms with E-state index in [2.05, 4.69) is 0 Å². The lowest BCUT2D eigenvalue weighted by molar-refractivity contribution is -0.105. The lowest BCUT2D eigenvalue weighted by Crippen LogP contribution is -2.25. The highest BCUT2D eigenvalue weighted by molar-refractivity contribution is 5.97. The average Bonchev–Trinajstić information content (AvgIpc) is 2.30. The van der Waals surface area contributed by atoms with Crippen LogP contribution in [-0.2, 0) is 4.74 Å². The number of benzene rings is 1. The van der Waals surface area contributed by atoms with Crippen molar-refractivity contribution in [3.05, 3.63) is 23.8 Å². The first kappa shape index (κ1) is 11.7. The van der Waals surface area contributed by atoms with Gasteiger partial charge in [-0.3, -0.25) is 5.41 Å². The highest BCUT2D eigenvalue weighted by Gasteiger charge is 2.16. The molecule has 4 N–H and O–H groups in total. The zero-order valence-corrected chi connectivity index (χ0v) is 9.48. The fourth-order valence-electron chi connectivity index (χ4n) is 1.77. The molecule has 5 heteroatoms. The van der Waals surface area contributed by atoms with Gasteiger partial charge in [0, 0.05) is 12.5 Å². The lowest BCUT2D eigenvalue weighted by atomic mass is 10.1. The SMILES string of the molecule is N=C(N)c1ccc(OC2CCCCO2)cc1O. The maximum absolute atomic E-state index is 9.65. The Morgan fingerprint density at radius 3 is 2.88 bits per heavy atom. The van der Waals surface area contributed by atoms with E-state index in [1.165, 1.54) is 6.07 Å². The third kappa shape index (κ3) is 2.88. The molecule has 0 spiro atoms.